The minimum absolute atomic E-state index is 0.0317. The summed E-state index contributed by atoms with van der Waals surface area (Å²) in [5.41, 5.74) is 0.388. The average Bonchev–Trinajstić information content (AvgIpc) is 0.779. The fraction of sp³-hybridized carbons (Fsp3) is 0.380. The van der Waals surface area contributed by atoms with Gasteiger partial charge in [0.2, 0.25) is 0 Å². The van der Waals surface area contributed by atoms with E-state index in [-0.39, 0.29) is 29.1 Å². The Balaban J connectivity index is 0.000000273. The molecule has 10 rings (SSSR count). The lowest BCUT2D eigenvalue weighted by atomic mass is 9.97. The van der Waals surface area contributed by atoms with Crippen molar-refractivity contribution in [1.82, 2.24) is 0 Å². The number of aromatic carboxylic acids is 1. The van der Waals surface area contributed by atoms with E-state index in [0.717, 1.165) is 78.9 Å². The highest BCUT2D eigenvalue weighted by atomic mass is 16.5. The molecule has 590 valence electrons. The van der Waals surface area contributed by atoms with Crippen LogP contribution >= 0.6 is 0 Å². The molecule has 1 unspecified atom stereocenters. The van der Waals surface area contributed by atoms with Gasteiger partial charge in [0.1, 0.15) is 40.6 Å². The van der Waals surface area contributed by atoms with Crippen molar-refractivity contribution in [2.24, 2.45) is 0 Å². The summed E-state index contributed by atoms with van der Waals surface area (Å²) in [7, 11) is 1.63. The molecule has 0 amide bonds. The van der Waals surface area contributed by atoms with Gasteiger partial charge in [-0.3, -0.25) is 28.8 Å². The number of methoxy groups -OCH3 is 1. The number of ether oxygens (including phenoxy) is 7. The third-order valence-corrected chi connectivity index (χ3v) is 18.1. The third kappa shape index (κ3) is 37.7. The lowest BCUT2D eigenvalue weighted by Gasteiger charge is -2.14. The van der Waals surface area contributed by atoms with Crippen LogP contribution in [-0.4, -0.2) is 85.0 Å². The minimum Gasteiger partial charge on any atom is -0.508 e. The third-order valence-electron chi connectivity index (χ3n) is 18.1. The molecule has 10 aromatic rings. The van der Waals surface area contributed by atoms with E-state index in [1.54, 1.807) is 61.7 Å². The fourth-order valence-electron chi connectivity index (χ4n) is 12.2. The number of carboxylic acid groups (broad SMARTS) is 1. The minimum atomic E-state index is -0.877. The molecule has 0 aliphatic heterocycles. The number of benzene rings is 10. The summed E-state index contributed by atoms with van der Waals surface area (Å²) in [6.07, 6.45) is 38.4. The van der Waals surface area contributed by atoms with Gasteiger partial charge in [-0.25, -0.2) is 4.79 Å². The number of carbonyl (C=O) groups excluding carboxylic acids is 6. The smallest absolute Gasteiger partial charge is 0.336 e. The van der Waals surface area contributed by atoms with Gasteiger partial charge in [0, 0.05) is 0 Å². The number of carbonyl (C=O) groups is 7. The second-order valence-corrected chi connectivity index (χ2v) is 26.5. The van der Waals surface area contributed by atoms with E-state index in [4.69, 9.17) is 24.1 Å². The summed E-state index contributed by atoms with van der Waals surface area (Å²) in [5.74, 6) is 1.92. The van der Waals surface area contributed by atoms with E-state index in [9.17, 15) is 48.9 Å². The Bertz CT molecular complexity index is 4160. The highest BCUT2D eigenvalue weighted by Crippen LogP contribution is 2.32. The predicted octanol–water partition coefficient (Wildman–Crippen LogP) is 23.2. The molecule has 0 bridgehead atoms. The van der Waals surface area contributed by atoms with Gasteiger partial charge < -0.3 is 53.6 Å². The molecule has 0 saturated carbocycles. The Morgan fingerprint density at radius 2 is 0.691 bits per heavy atom. The second kappa shape index (κ2) is 58.1. The number of phenolic OH excluding ortho intramolecular Hbond substituents is 3. The molecule has 0 spiro atoms. The number of phenols is 3. The lowest BCUT2D eigenvalue weighted by molar-refractivity contribution is -0.134. The van der Waals surface area contributed by atoms with Crippen molar-refractivity contribution >= 4 is 98.7 Å². The lowest BCUT2D eigenvalue weighted by Crippen LogP contribution is -2.12. The highest BCUT2D eigenvalue weighted by Gasteiger charge is 2.14. The van der Waals surface area contributed by atoms with Crippen molar-refractivity contribution in [1.29, 1.82) is 0 Å². The largest absolute Gasteiger partial charge is 0.508 e. The molecule has 0 heterocycles. The van der Waals surface area contributed by atoms with Gasteiger partial charge in [-0.05, 0) is 177 Å². The van der Waals surface area contributed by atoms with E-state index >= 15 is 0 Å². The van der Waals surface area contributed by atoms with E-state index in [1.165, 1.54) is 191 Å². The van der Waals surface area contributed by atoms with Crippen LogP contribution in [0.3, 0.4) is 0 Å². The van der Waals surface area contributed by atoms with Crippen molar-refractivity contribution in [2.75, 3.05) is 13.7 Å². The molecular weight excluding hydrogens is 1390 g/mol. The second-order valence-electron chi connectivity index (χ2n) is 26.5. The summed E-state index contributed by atoms with van der Waals surface area (Å²) < 4.78 is 33.5. The summed E-state index contributed by atoms with van der Waals surface area (Å²) in [6.45, 7) is 9.99. The normalized spacial score (nSPS) is 10.5. The summed E-state index contributed by atoms with van der Waals surface area (Å²) in [4.78, 5) is 72.1. The highest BCUT2D eigenvalue weighted by molar-refractivity contribution is 6.16. The van der Waals surface area contributed by atoms with Crippen molar-refractivity contribution in [3.8, 4) is 46.0 Å². The SMILES string of the molecule is CCCCCCCCCC(CCCCCCC)OC=O.CCCCCCCCCCCCCCCCCOC=O.COc1ccc2cc(OC=O)ccc2c1.O=C(O)c1c2ccccc2cc2ccccc12.O=COc1cc2ccccc2cc1O.O=COc1ccc(O)cc1.O=COc1ccc2cc(O)ccc2c1. The zero-order valence-corrected chi connectivity index (χ0v) is 64.7. The zero-order chi connectivity index (χ0) is 79.5. The molecule has 10 aromatic carbocycles. The van der Waals surface area contributed by atoms with Gasteiger partial charge >= 0.3 is 5.97 Å². The van der Waals surface area contributed by atoms with Gasteiger partial charge in [-0.1, -0.05) is 272 Å². The van der Waals surface area contributed by atoms with Gasteiger partial charge in [0.05, 0.1) is 19.3 Å². The quantitative estimate of drug-likeness (QED) is 0.0157. The van der Waals surface area contributed by atoms with Crippen molar-refractivity contribution in [2.45, 2.75) is 213 Å². The maximum Gasteiger partial charge on any atom is 0.336 e. The van der Waals surface area contributed by atoms with Crippen LogP contribution in [0, 0.1) is 0 Å². The molecule has 110 heavy (non-hydrogen) atoms. The van der Waals surface area contributed by atoms with Crippen LogP contribution in [0.4, 0.5) is 0 Å². The number of hydrogen-bond acceptors (Lipinski definition) is 17. The van der Waals surface area contributed by atoms with Crippen LogP contribution in [0.15, 0.2) is 188 Å². The molecule has 0 aromatic heterocycles. The molecule has 4 N–H and O–H groups in total. The standard InChI is InChI=1S/2C18H36O2.C15H10O2.C12H10O3.2C11H8O3.C7H6O3/c1-3-5-7-9-10-12-14-16-18(20-17-19)15-13-11-8-6-4-2;1-2-3-4-5-6-7-8-9-10-11-12-13-14-15-16-17-20-18-19;16-15(17)14-12-7-3-1-5-10(12)9-11-6-2-4-8-13(11)14;1-14-11-4-2-10-7-12(15-8-13)5-3-9(10)6-11;12-7-14-11-4-2-8-5-10(13)3-1-9(8)6-11;12-7-14-11-6-9-4-2-1-3-8(9)5-10(11)13;8-5-10-7-3-1-6(9)2-4-7/h17-18H,3-16H2,1-2H3;18H,2-17H2,1H3;1-9H,(H,16,17);2-8H,1H3;2*1-7,13H;1-5,9H. The van der Waals surface area contributed by atoms with E-state index in [0.29, 0.717) is 68.3 Å². The van der Waals surface area contributed by atoms with E-state index < -0.39 is 5.97 Å². The van der Waals surface area contributed by atoms with E-state index in [1.807, 2.05) is 109 Å². The van der Waals surface area contributed by atoms with Gasteiger partial charge in [-0.2, -0.15) is 0 Å². The number of carboxylic acids is 1. The number of unbranched alkanes of at least 4 members (excludes halogenated alkanes) is 24. The molecule has 0 aliphatic rings. The maximum atomic E-state index is 11.4. The molecule has 18 nitrogen and oxygen atoms in total. The van der Waals surface area contributed by atoms with Crippen LogP contribution in [-0.2, 0) is 38.2 Å². The number of aromatic hydroxyl groups is 3. The monoisotopic (exact) mass is 1510 g/mol. The molecule has 1 atom stereocenters. The van der Waals surface area contributed by atoms with Crippen molar-refractivity contribution in [3.05, 3.63) is 194 Å². The zero-order valence-electron chi connectivity index (χ0n) is 64.7. The Morgan fingerprint density at radius 3 is 1.12 bits per heavy atom. The summed E-state index contributed by atoms with van der Waals surface area (Å²) in [5, 5.41) is 46.0. The first kappa shape index (κ1) is 91.4. The Hall–Kier alpha value is -11.0. The Labute approximate surface area is 649 Å². The number of fused-ring (bicyclic) bond motifs is 5. The first-order valence-corrected chi connectivity index (χ1v) is 38.8. The average molecular weight is 1510 g/mol. The fourth-order valence-corrected chi connectivity index (χ4v) is 12.2. The Kier molecular flexibility index (Phi) is 48.2. The number of hydrogen-bond donors (Lipinski definition) is 4. The van der Waals surface area contributed by atoms with Crippen LogP contribution in [0.2, 0.25) is 0 Å². The summed E-state index contributed by atoms with van der Waals surface area (Å²) in [6, 6.07) is 55.1. The van der Waals surface area contributed by atoms with Crippen LogP contribution in [0.5, 0.6) is 46.0 Å². The first-order valence-electron chi connectivity index (χ1n) is 38.8. The van der Waals surface area contributed by atoms with Crippen LogP contribution < -0.4 is 23.7 Å². The first-order chi connectivity index (χ1) is 53.8. The predicted molar refractivity (Wildman–Crippen MR) is 439 cm³/mol. The van der Waals surface area contributed by atoms with Crippen molar-refractivity contribution in [3.63, 3.8) is 0 Å². The molecule has 0 saturated heterocycles. The topological polar surface area (TPSA) is 265 Å². The molecule has 0 fully saturated rings. The summed E-state index contributed by atoms with van der Waals surface area (Å²) >= 11 is 0. The van der Waals surface area contributed by atoms with Crippen LogP contribution in [0.1, 0.15) is 217 Å². The van der Waals surface area contributed by atoms with Crippen molar-refractivity contribution < 1.29 is 87.1 Å². The molecule has 18 heteroatoms. The molecular formula is C92H114O18. The van der Waals surface area contributed by atoms with Gasteiger partial charge in [0.25, 0.3) is 38.8 Å². The van der Waals surface area contributed by atoms with E-state index in [2.05, 4.69) is 35.0 Å². The number of rotatable bonds is 43. The Morgan fingerprint density at radius 1 is 0.336 bits per heavy atom. The maximum absolute atomic E-state index is 11.4. The molecule has 0 aliphatic carbocycles. The van der Waals surface area contributed by atoms with Gasteiger partial charge in [0.15, 0.2) is 11.5 Å². The van der Waals surface area contributed by atoms with Crippen LogP contribution in [0.25, 0.3) is 53.9 Å². The van der Waals surface area contributed by atoms with Gasteiger partial charge in [-0.15, -0.1) is 0 Å². The molecule has 0 radical (unpaired) electrons.